The van der Waals surface area contributed by atoms with Gasteiger partial charge >= 0.3 is 6.47 Å². The van der Waals surface area contributed by atoms with E-state index in [1.165, 1.54) is 12.8 Å². The highest BCUT2D eigenvalue weighted by Crippen LogP contribution is 2.38. The van der Waals surface area contributed by atoms with Gasteiger partial charge in [-0.3, -0.25) is 4.79 Å². The summed E-state index contributed by atoms with van der Waals surface area (Å²) in [7, 11) is 2.16. The highest BCUT2D eigenvalue weighted by Gasteiger charge is 2.42. The Balaban J connectivity index is 1.94. The molecule has 0 amide bonds. The fourth-order valence-corrected chi connectivity index (χ4v) is 4.34. The molecule has 1 fully saturated rings. The number of hydrogen-bond donors (Lipinski definition) is 0. The molecule has 1 aromatic carbocycles. The lowest BCUT2D eigenvalue weighted by Crippen LogP contribution is -2.54. The Morgan fingerprint density at radius 1 is 1.27 bits per heavy atom. The summed E-state index contributed by atoms with van der Waals surface area (Å²) < 4.78 is 0. The SMILES string of the molecule is CC1=CC(C2CCCCN2C)N(C(C)c2ccc(Cl)c(Cl)c2)N1OC=O. The first kappa shape index (κ1) is 19.5. The number of hydroxylamine groups is 1. The third-order valence-corrected chi connectivity index (χ3v) is 6.15. The molecule has 0 radical (unpaired) electrons. The van der Waals surface area contributed by atoms with E-state index in [4.69, 9.17) is 28.0 Å². The minimum Gasteiger partial charge on any atom is -0.329 e. The van der Waals surface area contributed by atoms with Gasteiger partial charge in [-0.1, -0.05) is 35.7 Å². The van der Waals surface area contributed by atoms with Crippen molar-refractivity contribution in [2.24, 2.45) is 0 Å². The maximum atomic E-state index is 11.1. The summed E-state index contributed by atoms with van der Waals surface area (Å²) in [5, 5.41) is 4.78. The number of hydrazine groups is 1. The molecule has 7 heteroatoms. The average molecular weight is 398 g/mol. The Morgan fingerprint density at radius 3 is 2.69 bits per heavy atom. The zero-order chi connectivity index (χ0) is 18.8. The second-order valence-corrected chi connectivity index (χ2v) is 7.86. The third-order valence-electron chi connectivity index (χ3n) is 5.42. The second-order valence-electron chi connectivity index (χ2n) is 7.05. The molecule has 0 N–H and O–H groups in total. The normalized spacial score (nSPS) is 25.9. The molecule has 1 saturated heterocycles. The van der Waals surface area contributed by atoms with Crippen LogP contribution in [0.1, 0.15) is 44.7 Å². The van der Waals surface area contributed by atoms with Crippen molar-refractivity contribution in [3.8, 4) is 0 Å². The number of allylic oxidation sites excluding steroid dienone is 1. The van der Waals surface area contributed by atoms with E-state index in [0.29, 0.717) is 22.6 Å². The Kier molecular flexibility index (Phi) is 6.13. The van der Waals surface area contributed by atoms with Gasteiger partial charge in [0, 0.05) is 6.04 Å². The molecule has 142 valence electrons. The van der Waals surface area contributed by atoms with Crippen molar-refractivity contribution in [3.05, 3.63) is 45.6 Å². The van der Waals surface area contributed by atoms with Crippen molar-refractivity contribution < 1.29 is 9.63 Å². The van der Waals surface area contributed by atoms with Gasteiger partial charge in [-0.25, -0.2) is 0 Å². The second kappa shape index (κ2) is 8.17. The van der Waals surface area contributed by atoms with E-state index in [9.17, 15) is 4.79 Å². The van der Waals surface area contributed by atoms with Gasteiger partial charge in [-0.15, -0.1) is 5.17 Å². The standard InChI is InChI=1S/C19H25Cl2N3O2/c1-13-10-19(18-6-4-5-9-22(18)3)23(24(13)26-12-25)14(2)15-7-8-16(20)17(21)11-15/h7-8,10-12,14,18-19H,4-6,9H2,1-3H3. The highest BCUT2D eigenvalue weighted by atomic mass is 35.5. The van der Waals surface area contributed by atoms with Crippen LogP contribution in [0.5, 0.6) is 0 Å². The Hall–Kier alpha value is -1.27. The van der Waals surface area contributed by atoms with Gasteiger partial charge in [-0.2, -0.15) is 5.01 Å². The number of likely N-dealkylation sites (N-methyl/N-ethyl adjacent to an activating group) is 1. The number of carbonyl (C=O) groups excluding carboxylic acids is 1. The molecule has 2 aliphatic heterocycles. The maximum absolute atomic E-state index is 11.1. The van der Waals surface area contributed by atoms with Gasteiger partial charge in [-0.05, 0) is 64.1 Å². The van der Waals surface area contributed by atoms with Crippen LogP contribution in [0.25, 0.3) is 0 Å². The van der Waals surface area contributed by atoms with Crippen molar-refractivity contribution in [2.45, 2.75) is 51.2 Å². The number of benzene rings is 1. The number of halogens is 2. The van der Waals surface area contributed by atoms with Gasteiger partial charge in [0.2, 0.25) is 0 Å². The lowest BCUT2D eigenvalue weighted by atomic mass is 9.94. The minimum atomic E-state index is -0.0428. The maximum Gasteiger partial charge on any atom is 0.322 e. The summed E-state index contributed by atoms with van der Waals surface area (Å²) in [5.74, 6) is 0. The molecule has 3 unspecified atom stereocenters. The molecule has 0 spiro atoms. The number of rotatable bonds is 5. The third kappa shape index (κ3) is 3.72. The van der Waals surface area contributed by atoms with Crippen molar-refractivity contribution in [3.63, 3.8) is 0 Å². The van der Waals surface area contributed by atoms with E-state index in [1.807, 2.05) is 19.1 Å². The lowest BCUT2D eigenvalue weighted by Gasteiger charge is -2.43. The zero-order valence-electron chi connectivity index (χ0n) is 15.4. The topological polar surface area (TPSA) is 36.0 Å². The van der Waals surface area contributed by atoms with E-state index >= 15 is 0 Å². The smallest absolute Gasteiger partial charge is 0.322 e. The van der Waals surface area contributed by atoms with Crippen LogP contribution in [0.4, 0.5) is 0 Å². The number of piperidine rings is 1. The molecule has 3 rings (SSSR count). The predicted octanol–water partition coefficient (Wildman–Crippen LogP) is 4.43. The summed E-state index contributed by atoms with van der Waals surface area (Å²) in [6.07, 6.45) is 5.73. The van der Waals surface area contributed by atoms with Gasteiger partial charge in [0.15, 0.2) is 0 Å². The van der Waals surface area contributed by atoms with E-state index < -0.39 is 0 Å². The van der Waals surface area contributed by atoms with Crippen LogP contribution in [0.3, 0.4) is 0 Å². The van der Waals surface area contributed by atoms with Crippen LogP contribution in [-0.2, 0) is 9.63 Å². The summed E-state index contributed by atoms with van der Waals surface area (Å²) in [4.78, 5) is 18.8. The van der Waals surface area contributed by atoms with Crippen LogP contribution in [-0.4, -0.2) is 47.2 Å². The molecule has 0 bridgehead atoms. The quantitative estimate of drug-likeness (QED) is 0.686. The Morgan fingerprint density at radius 2 is 2.04 bits per heavy atom. The molecule has 0 saturated carbocycles. The van der Waals surface area contributed by atoms with Crippen LogP contribution < -0.4 is 0 Å². The number of nitrogens with zero attached hydrogens (tertiary/aromatic N) is 3. The van der Waals surface area contributed by atoms with Crippen LogP contribution in [0.15, 0.2) is 30.0 Å². The van der Waals surface area contributed by atoms with Crippen molar-refractivity contribution in [1.29, 1.82) is 0 Å². The minimum absolute atomic E-state index is 0.0428. The van der Waals surface area contributed by atoms with Crippen molar-refractivity contribution in [2.75, 3.05) is 13.6 Å². The largest absolute Gasteiger partial charge is 0.329 e. The predicted molar refractivity (Wildman–Crippen MR) is 104 cm³/mol. The van der Waals surface area contributed by atoms with E-state index in [1.54, 1.807) is 11.2 Å². The molecule has 2 heterocycles. The van der Waals surface area contributed by atoms with E-state index in [-0.39, 0.29) is 12.1 Å². The van der Waals surface area contributed by atoms with Crippen LogP contribution in [0, 0.1) is 0 Å². The molecular formula is C19H25Cl2N3O2. The van der Waals surface area contributed by atoms with Gasteiger partial charge in [0.05, 0.1) is 27.8 Å². The number of hydrogen-bond acceptors (Lipinski definition) is 5. The van der Waals surface area contributed by atoms with Gasteiger partial charge in [0.1, 0.15) is 0 Å². The molecule has 1 aromatic rings. The molecular weight excluding hydrogens is 373 g/mol. The molecule has 0 aliphatic carbocycles. The fourth-order valence-electron chi connectivity index (χ4n) is 4.03. The average Bonchev–Trinajstić information content (AvgIpc) is 2.94. The zero-order valence-corrected chi connectivity index (χ0v) is 16.9. The van der Waals surface area contributed by atoms with Crippen LogP contribution >= 0.6 is 23.2 Å². The monoisotopic (exact) mass is 397 g/mol. The number of likely N-dealkylation sites (tertiary alicyclic amines) is 1. The lowest BCUT2D eigenvalue weighted by molar-refractivity contribution is -0.251. The van der Waals surface area contributed by atoms with Gasteiger partial charge < -0.3 is 9.74 Å². The van der Waals surface area contributed by atoms with Gasteiger partial charge in [0.25, 0.3) is 0 Å². The molecule has 2 aliphatic rings. The molecule has 26 heavy (non-hydrogen) atoms. The van der Waals surface area contributed by atoms with Crippen molar-refractivity contribution in [1.82, 2.24) is 15.1 Å². The first-order valence-electron chi connectivity index (χ1n) is 8.96. The molecule has 3 atom stereocenters. The Labute approximate surface area is 165 Å². The highest BCUT2D eigenvalue weighted by molar-refractivity contribution is 6.42. The summed E-state index contributed by atoms with van der Waals surface area (Å²) in [6, 6.07) is 6.09. The number of carbonyl (C=O) groups is 1. The molecule has 5 nitrogen and oxygen atoms in total. The first-order chi connectivity index (χ1) is 12.4. The van der Waals surface area contributed by atoms with E-state index in [0.717, 1.165) is 24.2 Å². The summed E-state index contributed by atoms with van der Waals surface area (Å²) in [5.41, 5.74) is 1.93. The Bertz CT molecular complexity index is 697. The van der Waals surface area contributed by atoms with E-state index in [2.05, 4.69) is 30.0 Å². The molecule has 0 aromatic heterocycles. The summed E-state index contributed by atoms with van der Waals surface area (Å²) in [6.45, 7) is 5.60. The summed E-state index contributed by atoms with van der Waals surface area (Å²) >= 11 is 12.3. The first-order valence-corrected chi connectivity index (χ1v) is 9.72. The van der Waals surface area contributed by atoms with Crippen molar-refractivity contribution >= 4 is 29.7 Å². The fraction of sp³-hybridized carbons (Fsp3) is 0.526. The van der Waals surface area contributed by atoms with Crippen LogP contribution in [0.2, 0.25) is 10.0 Å².